The number of carbonyl (C=O) groups excluding carboxylic acids is 2. The summed E-state index contributed by atoms with van der Waals surface area (Å²) in [6.45, 7) is 3.73. The quantitative estimate of drug-likeness (QED) is 0.534. The fourth-order valence-corrected chi connectivity index (χ4v) is 2.15. The highest BCUT2D eigenvalue weighted by molar-refractivity contribution is 5.85. The molecule has 122 valence electrons. The molecule has 3 N–H and O–H groups in total. The van der Waals surface area contributed by atoms with Crippen LogP contribution in [0.3, 0.4) is 0 Å². The van der Waals surface area contributed by atoms with E-state index in [0.29, 0.717) is 12.1 Å². The van der Waals surface area contributed by atoms with Crippen molar-refractivity contribution >= 4 is 23.7 Å². The van der Waals surface area contributed by atoms with Gasteiger partial charge in [0, 0.05) is 31.9 Å². The Labute approximate surface area is 135 Å². The van der Waals surface area contributed by atoms with E-state index in [1.165, 1.54) is 0 Å². The fraction of sp³-hybridized carbons (Fsp3) is 0.312. The van der Waals surface area contributed by atoms with Gasteiger partial charge in [-0.3, -0.25) is 15.0 Å². The maximum Gasteiger partial charge on any atom is 0.247 e. The van der Waals surface area contributed by atoms with Gasteiger partial charge in [0.25, 0.3) is 0 Å². The summed E-state index contributed by atoms with van der Waals surface area (Å²) in [6, 6.07) is 7.79. The average Bonchev–Trinajstić information content (AvgIpc) is 2.84. The molecule has 1 atom stereocenters. The lowest BCUT2D eigenvalue weighted by Crippen LogP contribution is -2.26. The van der Waals surface area contributed by atoms with Gasteiger partial charge in [-0.25, -0.2) is 5.43 Å². The van der Waals surface area contributed by atoms with Crippen LogP contribution < -0.4 is 21.2 Å². The number of hydrogen-bond donors (Lipinski definition) is 3. The van der Waals surface area contributed by atoms with E-state index < -0.39 is 0 Å². The van der Waals surface area contributed by atoms with Crippen LogP contribution in [-0.2, 0) is 9.59 Å². The summed E-state index contributed by atoms with van der Waals surface area (Å²) in [5.41, 5.74) is 10.2. The van der Waals surface area contributed by atoms with Crippen LogP contribution >= 0.6 is 0 Å². The molecule has 2 rings (SSSR count). The van der Waals surface area contributed by atoms with Crippen LogP contribution in [-0.4, -0.2) is 32.1 Å². The topological polar surface area (TPSA) is 85.8 Å². The Morgan fingerprint density at radius 3 is 2.61 bits per heavy atom. The molecule has 7 heteroatoms. The minimum atomic E-state index is -0.372. The van der Waals surface area contributed by atoms with E-state index in [9.17, 15) is 9.59 Å². The lowest BCUT2D eigenvalue weighted by Gasteiger charge is -2.11. The van der Waals surface area contributed by atoms with Crippen molar-refractivity contribution in [3.63, 3.8) is 0 Å². The minimum absolute atomic E-state index is 0.160. The Morgan fingerprint density at radius 1 is 1.35 bits per heavy atom. The summed E-state index contributed by atoms with van der Waals surface area (Å²) in [6.07, 6.45) is 2.19. The molecule has 1 saturated heterocycles. The Kier molecular flexibility index (Phi) is 5.35. The molecular formula is C16H21N5O2. The van der Waals surface area contributed by atoms with Gasteiger partial charge in [0.1, 0.15) is 0 Å². The summed E-state index contributed by atoms with van der Waals surface area (Å²) in [7, 11) is 3.94. The van der Waals surface area contributed by atoms with Crippen LogP contribution in [0, 0.1) is 5.92 Å². The number of hydrazone groups is 1. The van der Waals surface area contributed by atoms with Gasteiger partial charge in [-0.15, -0.1) is 0 Å². The third-order valence-corrected chi connectivity index (χ3v) is 3.56. The summed E-state index contributed by atoms with van der Waals surface area (Å²) in [5.74, 6) is -0.769. The molecule has 23 heavy (non-hydrogen) atoms. The van der Waals surface area contributed by atoms with Crippen LogP contribution in [0.15, 0.2) is 41.6 Å². The molecule has 7 nitrogen and oxygen atoms in total. The third-order valence-electron chi connectivity index (χ3n) is 3.56. The highest BCUT2D eigenvalue weighted by atomic mass is 16.2. The van der Waals surface area contributed by atoms with Crippen molar-refractivity contribution in [1.82, 2.24) is 16.3 Å². The standard InChI is InChI=1S/C16H21N5O2/c1-11-14(16(23)20-18-11)8-9-15(22)19-17-10-12-4-6-13(7-5-12)21(2)3/h4-7,10,14,18H,1,8-9H2,2-3H3,(H,19,22)(H,20,23). The van der Waals surface area contributed by atoms with E-state index in [1.54, 1.807) is 6.21 Å². The van der Waals surface area contributed by atoms with Gasteiger partial charge in [0.2, 0.25) is 11.8 Å². The second-order valence-corrected chi connectivity index (χ2v) is 5.51. The van der Waals surface area contributed by atoms with Crippen molar-refractivity contribution in [2.45, 2.75) is 12.8 Å². The van der Waals surface area contributed by atoms with Crippen molar-refractivity contribution < 1.29 is 9.59 Å². The van der Waals surface area contributed by atoms with Crippen molar-refractivity contribution in [2.24, 2.45) is 11.0 Å². The number of anilines is 1. The van der Waals surface area contributed by atoms with Gasteiger partial charge in [-0.2, -0.15) is 5.10 Å². The maximum absolute atomic E-state index is 11.7. The van der Waals surface area contributed by atoms with Gasteiger partial charge >= 0.3 is 0 Å². The zero-order valence-electron chi connectivity index (χ0n) is 13.3. The Morgan fingerprint density at radius 2 is 2.04 bits per heavy atom. The normalized spacial score (nSPS) is 17.0. The number of amides is 2. The molecule has 0 aliphatic carbocycles. The third kappa shape index (κ3) is 4.57. The summed E-state index contributed by atoms with van der Waals surface area (Å²) >= 11 is 0. The van der Waals surface area contributed by atoms with Crippen molar-refractivity contribution in [1.29, 1.82) is 0 Å². The first-order valence-corrected chi connectivity index (χ1v) is 7.31. The lowest BCUT2D eigenvalue weighted by atomic mass is 10.0. The monoisotopic (exact) mass is 315 g/mol. The second kappa shape index (κ2) is 7.44. The zero-order chi connectivity index (χ0) is 16.8. The highest BCUT2D eigenvalue weighted by Gasteiger charge is 2.27. The first-order chi connectivity index (χ1) is 11.0. The first kappa shape index (κ1) is 16.5. The van der Waals surface area contributed by atoms with Crippen LogP contribution in [0.25, 0.3) is 0 Å². The van der Waals surface area contributed by atoms with Gasteiger partial charge in [-0.05, 0) is 24.1 Å². The van der Waals surface area contributed by atoms with E-state index in [1.807, 2.05) is 43.3 Å². The highest BCUT2D eigenvalue weighted by Crippen LogP contribution is 2.17. The molecule has 1 unspecified atom stereocenters. The van der Waals surface area contributed by atoms with E-state index in [4.69, 9.17) is 0 Å². The van der Waals surface area contributed by atoms with Gasteiger partial charge in [0.15, 0.2) is 0 Å². The van der Waals surface area contributed by atoms with Crippen molar-refractivity contribution in [2.75, 3.05) is 19.0 Å². The van der Waals surface area contributed by atoms with Crippen molar-refractivity contribution in [3.8, 4) is 0 Å². The Balaban J connectivity index is 1.77. The molecule has 0 aromatic heterocycles. The van der Waals surface area contributed by atoms with E-state index in [0.717, 1.165) is 11.3 Å². The molecule has 0 radical (unpaired) electrons. The van der Waals surface area contributed by atoms with Crippen LogP contribution in [0.4, 0.5) is 5.69 Å². The SMILES string of the molecule is C=C1NNC(=O)C1CCC(=O)NN=Cc1ccc(N(C)C)cc1. The predicted octanol–water partition coefficient (Wildman–Crippen LogP) is 0.747. The number of hydrogen-bond acceptors (Lipinski definition) is 5. The van der Waals surface area contributed by atoms with Gasteiger partial charge in [-0.1, -0.05) is 18.7 Å². The first-order valence-electron chi connectivity index (χ1n) is 7.31. The number of rotatable bonds is 6. The average molecular weight is 315 g/mol. The Hall–Kier alpha value is -2.83. The molecule has 1 aromatic carbocycles. The molecule has 0 spiro atoms. The number of benzene rings is 1. The lowest BCUT2D eigenvalue weighted by molar-refractivity contribution is -0.123. The maximum atomic E-state index is 11.7. The van der Waals surface area contributed by atoms with Gasteiger partial charge < -0.3 is 10.3 Å². The molecule has 0 saturated carbocycles. The smallest absolute Gasteiger partial charge is 0.247 e. The molecule has 2 amide bonds. The van der Waals surface area contributed by atoms with Crippen LogP contribution in [0.5, 0.6) is 0 Å². The second-order valence-electron chi connectivity index (χ2n) is 5.51. The largest absolute Gasteiger partial charge is 0.378 e. The van der Waals surface area contributed by atoms with E-state index >= 15 is 0 Å². The molecular weight excluding hydrogens is 294 g/mol. The molecule has 1 aromatic rings. The summed E-state index contributed by atoms with van der Waals surface area (Å²) in [4.78, 5) is 25.2. The van der Waals surface area contributed by atoms with Crippen LogP contribution in [0.1, 0.15) is 18.4 Å². The van der Waals surface area contributed by atoms with Crippen LogP contribution in [0.2, 0.25) is 0 Å². The van der Waals surface area contributed by atoms with E-state index in [2.05, 4.69) is 28.0 Å². The molecule has 1 aliphatic heterocycles. The summed E-state index contributed by atoms with van der Waals surface area (Å²) < 4.78 is 0. The van der Waals surface area contributed by atoms with Gasteiger partial charge in [0.05, 0.1) is 12.1 Å². The molecule has 1 aliphatic rings. The molecule has 1 fully saturated rings. The fourth-order valence-electron chi connectivity index (χ4n) is 2.15. The Bertz CT molecular complexity index is 606. The summed E-state index contributed by atoms with van der Waals surface area (Å²) in [5, 5.41) is 3.92. The molecule has 0 bridgehead atoms. The zero-order valence-corrected chi connectivity index (χ0v) is 13.3. The van der Waals surface area contributed by atoms with E-state index in [-0.39, 0.29) is 24.2 Å². The number of carbonyl (C=O) groups is 2. The minimum Gasteiger partial charge on any atom is -0.378 e. The number of nitrogens with zero attached hydrogens (tertiary/aromatic N) is 2. The van der Waals surface area contributed by atoms with Crippen molar-refractivity contribution in [3.05, 3.63) is 42.1 Å². The number of nitrogens with one attached hydrogen (secondary N) is 3. The number of hydrazine groups is 1. The predicted molar refractivity (Wildman–Crippen MR) is 89.6 cm³/mol. The molecule has 1 heterocycles.